The van der Waals surface area contributed by atoms with Gasteiger partial charge >= 0.3 is 0 Å². The second-order valence-electron chi connectivity index (χ2n) is 5.54. The Bertz CT molecular complexity index is 549. The van der Waals surface area contributed by atoms with E-state index in [-0.39, 0.29) is 5.82 Å². The third kappa shape index (κ3) is 4.83. The van der Waals surface area contributed by atoms with Crippen molar-refractivity contribution >= 4 is 5.82 Å². The highest BCUT2D eigenvalue weighted by atomic mass is 19.1. The quantitative estimate of drug-likeness (QED) is 0.883. The zero-order valence-corrected chi connectivity index (χ0v) is 12.8. The summed E-state index contributed by atoms with van der Waals surface area (Å²) in [6.07, 6.45) is 1.89. The molecule has 0 aliphatic rings. The summed E-state index contributed by atoms with van der Waals surface area (Å²) in [5, 5.41) is 3.37. The molecule has 0 unspecified atom stereocenters. The Morgan fingerprint density at radius 2 is 1.76 bits per heavy atom. The maximum atomic E-state index is 12.9. The Labute approximate surface area is 125 Å². The van der Waals surface area contributed by atoms with Crippen molar-refractivity contribution in [2.75, 3.05) is 11.9 Å². The molecule has 4 heteroatoms. The number of hydrogen-bond acceptors (Lipinski definition) is 3. The fraction of sp³-hybridized carbons (Fsp3) is 0.353. The molecule has 0 aliphatic heterocycles. The summed E-state index contributed by atoms with van der Waals surface area (Å²) < 4.78 is 12.9. The van der Waals surface area contributed by atoms with Crippen molar-refractivity contribution in [3.63, 3.8) is 0 Å². The van der Waals surface area contributed by atoms with Crippen LogP contribution in [0, 0.1) is 5.82 Å². The van der Waals surface area contributed by atoms with Crippen LogP contribution in [0.15, 0.2) is 42.6 Å². The van der Waals surface area contributed by atoms with E-state index in [0.29, 0.717) is 12.6 Å². The van der Waals surface area contributed by atoms with Crippen LogP contribution in [0.5, 0.6) is 0 Å². The van der Waals surface area contributed by atoms with Crippen LogP contribution >= 0.6 is 0 Å². The molecule has 1 aromatic heterocycles. The number of aromatic nitrogens is 1. The molecule has 2 aromatic rings. The van der Waals surface area contributed by atoms with Gasteiger partial charge in [-0.1, -0.05) is 32.0 Å². The third-order valence-electron chi connectivity index (χ3n) is 3.25. The van der Waals surface area contributed by atoms with Crippen LogP contribution in [0.1, 0.15) is 25.0 Å². The molecule has 0 atom stereocenters. The van der Waals surface area contributed by atoms with Gasteiger partial charge < -0.3 is 10.2 Å². The highest BCUT2D eigenvalue weighted by Gasteiger charge is 2.04. The first kappa shape index (κ1) is 15.4. The predicted octanol–water partition coefficient (Wildman–Crippen LogP) is 3.36. The van der Waals surface area contributed by atoms with Gasteiger partial charge in [0.15, 0.2) is 0 Å². The van der Waals surface area contributed by atoms with Gasteiger partial charge in [0, 0.05) is 32.4 Å². The van der Waals surface area contributed by atoms with E-state index in [9.17, 15) is 4.39 Å². The van der Waals surface area contributed by atoms with Crippen LogP contribution in [0.25, 0.3) is 0 Å². The Kier molecular flexibility index (Phi) is 5.28. The summed E-state index contributed by atoms with van der Waals surface area (Å²) in [4.78, 5) is 6.53. The van der Waals surface area contributed by atoms with E-state index in [1.165, 1.54) is 17.7 Å². The van der Waals surface area contributed by atoms with Crippen LogP contribution in [0.3, 0.4) is 0 Å². The second-order valence-corrected chi connectivity index (χ2v) is 5.54. The number of benzene rings is 1. The van der Waals surface area contributed by atoms with E-state index in [1.807, 2.05) is 24.2 Å². The van der Waals surface area contributed by atoms with E-state index in [0.717, 1.165) is 17.9 Å². The van der Waals surface area contributed by atoms with Crippen LogP contribution in [-0.4, -0.2) is 18.1 Å². The van der Waals surface area contributed by atoms with Gasteiger partial charge in [-0.3, -0.25) is 0 Å². The van der Waals surface area contributed by atoms with Crippen LogP contribution in [0.4, 0.5) is 10.2 Å². The molecule has 0 saturated carbocycles. The van der Waals surface area contributed by atoms with Crippen molar-refractivity contribution in [2.45, 2.75) is 33.0 Å². The molecule has 1 aromatic carbocycles. The van der Waals surface area contributed by atoms with E-state index in [1.54, 1.807) is 12.1 Å². The lowest BCUT2D eigenvalue weighted by atomic mass is 10.2. The van der Waals surface area contributed by atoms with Gasteiger partial charge in [0.2, 0.25) is 0 Å². The smallest absolute Gasteiger partial charge is 0.128 e. The van der Waals surface area contributed by atoms with Crippen molar-refractivity contribution in [3.8, 4) is 0 Å². The normalized spacial score (nSPS) is 10.9. The maximum Gasteiger partial charge on any atom is 0.128 e. The average molecular weight is 287 g/mol. The van der Waals surface area contributed by atoms with Crippen LogP contribution in [0.2, 0.25) is 0 Å². The molecule has 0 radical (unpaired) electrons. The van der Waals surface area contributed by atoms with Gasteiger partial charge in [0.1, 0.15) is 11.6 Å². The first-order valence-corrected chi connectivity index (χ1v) is 7.18. The largest absolute Gasteiger partial charge is 0.355 e. The molecule has 3 nitrogen and oxygen atoms in total. The van der Waals surface area contributed by atoms with Crippen molar-refractivity contribution in [1.29, 1.82) is 0 Å². The number of pyridine rings is 1. The molecular formula is C17H22FN3. The van der Waals surface area contributed by atoms with E-state index in [4.69, 9.17) is 0 Å². The lowest BCUT2D eigenvalue weighted by molar-refractivity contribution is 0.588. The van der Waals surface area contributed by atoms with Gasteiger partial charge in [-0.15, -0.1) is 0 Å². The predicted molar refractivity (Wildman–Crippen MR) is 84.7 cm³/mol. The highest BCUT2D eigenvalue weighted by molar-refractivity contribution is 5.39. The van der Waals surface area contributed by atoms with Gasteiger partial charge in [-0.2, -0.15) is 0 Å². The van der Waals surface area contributed by atoms with Crippen LogP contribution < -0.4 is 10.2 Å². The topological polar surface area (TPSA) is 28.2 Å². The number of anilines is 1. The molecule has 1 N–H and O–H groups in total. The maximum absolute atomic E-state index is 12.9. The second kappa shape index (κ2) is 7.18. The van der Waals surface area contributed by atoms with Crippen molar-refractivity contribution < 1.29 is 4.39 Å². The highest BCUT2D eigenvalue weighted by Crippen LogP contribution is 2.13. The molecule has 112 valence electrons. The Hall–Kier alpha value is -1.94. The SMILES string of the molecule is CC(C)NCc1ccc(N(C)Cc2ccc(F)cc2)nc1. The number of nitrogens with zero attached hydrogens (tertiary/aromatic N) is 2. The number of hydrogen-bond donors (Lipinski definition) is 1. The monoisotopic (exact) mass is 287 g/mol. The zero-order chi connectivity index (χ0) is 15.2. The first-order chi connectivity index (χ1) is 10.0. The molecule has 0 amide bonds. The van der Waals surface area contributed by atoms with E-state index < -0.39 is 0 Å². The number of rotatable bonds is 6. The lowest BCUT2D eigenvalue weighted by Crippen LogP contribution is -2.22. The summed E-state index contributed by atoms with van der Waals surface area (Å²) in [6.45, 7) is 5.78. The number of nitrogens with one attached hydrogen (secondary N) is 1. The average Bonchev–Trinajstić information content (AvgIpc) is 2.48. The Balaban J connectivity index is 1.96. The molecule has 1 heterocycles. The molecule has 21 heavy (non-hydrogen) atoms. The minimum atomic E-state index is -0.207. The molecular weight excluding hydrogens is 265 g/mol. The van der Waals surface area contributed by atoms with Gasteiger partial charge in [0.05, 0.1) is 0 Å². The summed E-state index contributed by atoms with van der Waals surface area (Å²) in [5.74, 6) is 0.703. The summed E-state index contributed by atoms with van der Waals surface area (Å²) in [7, 11) is 1.98. The third-order valence-corrected chi connectivity index (χ3v) is 3.25. The number of halogens is 1. The molecule has 0 bridgehead atoms. The molecule has 0 aliphatic carbocycles. The van der Waals surface area contributed by atoms with Gasteiger partial charge in [-0.25, -0.2) is 9.37 Å². The van der Waals surface area contributed by atoms with Crippen molar-refractivity contribution in [1.82, 2.24) is 10.3 Å². The van der Waals surface area contributed by atoms with Gasteiger partial charge in [-0.05, 0) is 29.3 Å². The zero-order valence-electron chi connectivity index (χ0n) is 12.8. The van der Waals surface area contributed by atoms with Crippen molar-refractivity contribution in [3.05, 3.63) is 59.5 Å². The molecule has 2 rings (SSSR count). The summed E-state index contributed by atoms with van der Waals surface area (Å²) >= 11 is 0. The molecule has 0 spiro atoms. The standard InChI is InChI=1S/C17H22FN3/c1-13(2)19-10-15-6-9-17(20-11-15)21(3)12-14-4-7-16(18)8-5-14/h4-9,11,13,19H,10,12H2,1-3H3. The first-order valence-electron chi connectivity index (χ1n) is 7.18. The fourth-order valence-corrected chi connectivity index (χ4v) is 2.01. The minimum absolute atomic E-state index is 0.207. The Morgan fingerprint density at radius 1 is 1.10 bits per heavy atom. The van der Waals surface area contributed by atoms with Crippen molar-refractivity contribution in [2.24, 2.45) is 0 Å². The summed E-state index contributed by atoms with van der Waals surface area (Å²) in [6, 6.07) is 11.1. The lowest BCUT2D eigenvalue weighted by Gasteiger charge is -2.18. The van der Waals surface area contributed by atoms with Crippen LogP contribution in [-0.2, 0) is 13.1 Å². The van der Waals surface area contributed by atoms with E-state index in [2.05, 4.69) is 30.2 Å². The molecule has 0 fully saturated rings. The fourth-order valence-electron chi connectivity index (χ4n) is 2.01. The Morgan fingerprint density at radius 3 is 2.33 bits per heavy atom. The van der Waals surface area contributed by atoms with E-state index >= 15 is 0 Å². The molecule has 0 saturated heterocycles. The minimum Gasteiger partial charge on any atom is -0.355 e. The summed E-state index contributed by atoms with van der Waals surface area (Å²) in [5.41, 5.74) is 2.23. The van der Waals surface area contributed by atoms with Gasteiger partial charge in [0.25, 0.3) is 0 Å².